The van der Waals surface area contributed by atoms with Crippen LogP contribution in [-0.4, -0.2) is 34.8 Å². The highest BCUT2D eigenvalue weighted by Gasteiger charge is 2.42. The fourth-order valence-corrected chi connectivity index (χ4v) is 4.15. The fraction of sp³-hybridized carbons (Fsp3) is 0.240. The number of amides is 2. The molecule has 1 N–H and O–H groups in total. The lowest BCUT2D eigenvalue weighted by molar-refractivity contribution is -0.137. The molecule has 1 saturated heterocycles. The average Bonchev–Trinajstić information content (AvgIpc) is 3.28. The minimum atomic E-state index is -4.55. The number of hydrogen-bond acceptors (Lipinski definition) is 3. The molecule has 1 aromatic heterocycles. The molecule has 34 heavy (non-hydrogen) atoms. The Hall–Kier alpha value is -3.75. The summed E-state index contributed by atoms with van der Waals surface area (Å²) in [6.07, 6.45) is -1.36. The van der Waals surface area contributed by atoms with E-state index in [9.17, 15) is 27.2 Å². The number of likely N-dealkylation sites (tertiary alicyclic amines) is 1. The van der Waals surface area contributed by atoms with Crippen LogP contribution in [0, 0.1) is 11.7 Å². The summed E-state index contributed by atoms with van der Waals surface area (Å²) >= 11 is 0. The molecule has 2 unspecified atom stereocenters. The summed E-state index contributed by atoms with van der Waals surface area (Å²) in [5, 5.41) is 2.78. The molecule has 2 heterocycles. The van der Waals surface area contributed by atoms with Crippen LogP contribution in [0.1, 0.15) is 33.0 Å². The van der Waals surface area contributed by atoms with Gasteiger partial charge in [-0.2, -0.15) is 13.2 Å². The molecule has 1 aliphatic heterocycles. The molecule has 0 spiro atoms. The highest BCUT2D eigenvalue weighted by Crippen LogP contribution is 2.37. The Morgan fingerprint density at radius 3 is 2.53 bits per heavy atom. The molecular weight excluding hydrogens is 450 g/mol. The number of nitrogens with one attached hydrogen (secondary N) is 1. The normalized spacial score (nSPS) is 18.1. The van der Waals surface area contributed by atoms with Crippen LogP contribution in [0.3, 0.4) is 0 Å². The van der Waals surface area contributed by atoms with Gasteiger partial charge in [0.25, 0.3) is 5.91 Å². The lowest BCUT2D eigenvalue weighted by Gasteiger charge is -2.19. The highest BCUT2D eigenvalue weighted by molar-refractivity contribution is 5.95. The Labute approximate surface area is 193 Å². The molecule has 5 nitrogen and oxygen atoms in total. The lowest BCUT2D eigenvalue weighted by Crippen LogP contribution is -2.35. The molecule has 1 aliphatic rings. The van der Waals surface area contributed by atoms with E-state index in [1.54, 1.807) is 24.5 Å². The van der Waals surface area contributed by atoms with Crippen molar-refractivity contribution >= 4 is 11.8 Å². The van der Waals surface area contributed by atoms with Crippen LogP contribution in [0.4, 0.5) is 17.6 Å². The maximum Gasteiger partial charge on any atom is 0.416 e. The van der Waals surface area contributed by atoms with Gasteiger partial charge in [-0.1, -0.05) is 36.4 Å². The Morgan fingerprint density at radius 1 is 1.03 bits per heavy atom. The first-order chi connectivity index (χ1) is 16.2. The Morgan fingerprint density at radius 2 is 1.82 bits per heavy atom. The van der Waals surface area contributed by atoms with E-state index >= 15 is 0 Å². The second-order valence-corrected chi connectivity index (χ2v) is 8.11. The second kappa shape index (κ2) is 9.62. The van der Waals surface area contributed by atoms with Crippen molar-refractivity contribution in [3.63, 3.8) is 0 Å². The van der Waals surface area contributed by atoms with Crippen molar-refractivity contribution in [1.82, 2.24) is 15.2 Å². The monoisotopic (exact) mass is 471 g/mol. The van der Waals surface area contributed by atoms with Crippen molar-refractivity contribution in [2.24, 2.45) is 5.92 Å². The van der Waals surface area contributed by atoms with Crippen molar-refractivity contribution < 1.29 is 27.2 Å². The standard InChI is InChI=1S/C25H21F4N3O2/c26-22-9-2-1-8-19(22)24(34)32-14-20(17-6-3-7-18(11-17)25(27,28)29)21(15-32)23(33)31-13-16-5-4-10-30-12-16/h1-12,20-21H,13-15H2,(H,31,33). The van der Waals surface area contributed by atoms with Crippen LogP contribution >= 0.6 is 0 Å². The number of carbonyl (C=O) groups is 2. The van der Waals surface area contributed by atoms with Crippen LogP contribution < -0.4 is 5.32 Å². The first-order valence-electron chi connectivity index (χ1n) is 10.6. The molecule has 0 bridgehead atoms. The summed E-state index contributed by atoms with van der Waals surface area (Å²) in [7, 11) is 0. The van der Waals surface area contributed by atoms with Gasteiger partial charge in [-0.15, -0.1) is 0 Å². The molecule has 0 radical (unpaired) electrons. The summed E-state index contributed by atoms with van der Waals surface area (Å²) in [6.45, 7) is 0.117. The van der Waals surface area contributed by atoms with E-state index in [4.69, 9.17) is 0 Å². The number of benzene rings is 2. The average molecular weight is 471 g/mol. The van der Waals surface area contributed by atoms with Gasteiger partial charge in [0.05, 0.1) is 17.0 Å². The van der Waals surface area contributed by atoms with Gasteiger partial charge in [0.15, 0.2) is 0 Å². The first-order valence-corrected chi connectivity index (χ1v) is 10.6. The minimum absolute atomic E-state index is 0.0144. The van der Waals surface area contributed by atoms with Crippen molar-refractivity contribution in [3.8, 4) is 0 Å². The van der Waals surface area contributed by atoms with Crippen molar-refractivity contribution in [2.75, 3.05) is 13.1 Å². The van der Waals surface area contributed by atoms with Gasteiger partial charge in [0, 0.05) is 37.9 Å². The maximum absolute atomic E-state index is 14.2. The zero-order chi connectivity index (χ0) is 24.3. The molecule has 0 saturated carbocycles. The third-order valence-electron chi connectivity index (χ3n) is 5.88. The van der Waals surface area contributed by atoms with E-state index in [-0.39, 0.29) is 25.2 Å². The van der Waals surface area contributed by atoms with E-state index in [2.05, 4.69) is 10.3 Å². The number of rotatable bonds is 5. The smallest absolute Gasteiger partial charge is 0.352 e. The zero-order valence-corrected chi connectivity index (χ0v) is 17.9. The van der Waals surface area contributed by atoms with E-state index in [1.807, 2.05) is 0 Å². The van der Waals surface area contributed by atoms with Crippen molar-refractivity contribution in [2.45, 2.75) is 18.6 Å². The van der Waals surface area contributed by atoms with Crippen molar-refractivity contribution in [1.29, 1.82) is 0 Å². The molecule has 2 aromatic carbocycles. The summed E-state index contributed by atoms with van der Waals surface area (Å²) in [4.78, 5) is 31.4. The Bertz CT molecular complexity index is 1180. The molecule has 4 rings (SSSR count). The number of carbonyl (C=O) groups excluding carboxylic acids is 2. The lowest BCUT2D eigenvalue weighted by atomic mass is 9.87. The van der Waals surface area contributed by atoms with Crippen LogP contribution in [0.2, 0.25) is 0 Å². The molecule has 1 fully saturated rings. The number of alkyl halides is 3. The maximum atomic E-state index is 14.2. The molecule has 9 heteroatoms. The van der Waals surface area contributed by atoms with Gasteiger partial charge in [0.2, 0.25) is 5.91 Å². The van der Waals surface area contributed by atoms with E-state index < -0.39 is 41.2 Å². The second-order valence-electron chi connectivity index (χ2n) is 8.11. The van der Waals surface area contributed by atoms with E-state index in [1.165, 1.54) is 35.2 Å². The summed E-state index contributed by atoms with van der Waals surface area (Å²) in [5.41, 5.74) is 0.0593. The summed E-state index contributed by atoms with van der Waals surface area (Å²) < 4.78 is 54.1. The van der Waals surface area contributed by atoms with E-state index in [0.717, 1.165) is 23.8 Å². The van der Waals surface area contributed by atoms with Gasteiger partial charge in [-0.3, -0.25) is 14.6 Å². The molecular formula is C25H21F4N3O2. The number of nitrogens with zero attached hydrogens (tertiary/aromatic N) is 2. The first kappa shape index (κ1) is 23.4. The van der Waals surface area contributed by atoms with Gasteiger partial charge in [-0.25, -0.2) is 4.39 Å². The highest BCUT2D eigenvalue weighted by atomic mass is 19.4. The number of aromatic nitrogens is 1. The SMILES string of the molecule is O=C(NCc1cccnc1)C1CN(C(=O)c2ccccc2F)CC1c1cccc(C(F)(F)F)c1. The van der Waals surface area contributed by atoms with Gasteiger partial charge < -0.3 is 10.2 Å². The minimum Gasteiger partial charge on any atom is -0.352 e. The van der Waals surface area contributed by atoms with Gasteiger partial charge in [-0.05, 0) is 35.4 Å². The molecule has 3 aromatic rings. The third kappa shape index (κ3) is 5.08. The number of halogens is 4. The zero-order valence-electron chi connectivity index (χ0n) is 17.9. The van der Waals surface area contributed by atoms with Crippen LogP contribution in [0.15, 0.2) is 73.1 Å². The summed E-state index contributed by atoms with van der Waals surface area (Å²) in [6, 6.07) is 13.7. The quantitative estimate of drug-likeness (QED) is 0.561. The van der Waals surface area contributed by atoms with Crippen LogP contribution in [0.5, 0.6) is 0 Å². The Kier molecular flexibility index (Phi) is 6.63. The van der Waals surface area contributed by atoms with Gasteiger partial charge in [0.1, 0.15) is 5.82 Å². The largest absolute Gasteiger partial charge is 0.416 e. The molecule has 176 valence electrons. The third-order valence-corrected chi connectivity index (χ3v) is 5.88. The van der Waals surface area contributed by atoms with Crippen molar-refractivity contribution in [3.05, 3.63) is 101 Å². The Balaban J connectivity index is 1.61. The predicted octanol–water partition coefficient (Wildman–Crippen LogP) is 4.41. The molecule has 2 amide bonds. The topological polar surface area (TPSA) is 62.3 Å². The predicted molar refractivity (Wildman–Crippen MR) is 116 cm³/mol. The molecule has 0 aliphatic carbocycles. The van der Waals surface area contributed by atoms with Crippen LogP contribution in [-0.2, 0) is 17.5 Å². The molecule has 2 atom stereocenters. The van der Waals surface area contributed by atoms with Crippen LogP contribution in [0.25, 0.3) is 0 Å². The fourth-order valence-electron chi connectivity index (χ4n) is 4.15. The number of hydrogen-bond donors (Lipinski definition) is 1. The van der Waals surface area contributed by atoms with Gasteiger partial charge >= 0.3 is 6.18 Å². The number of pyridine rings is 1. The summed E-state index contributed by atoms with van der Waals surface area (Å²) in [5.74, 6) is -3.22. The van der Waals surface area contributed by atoms with E-state index in [0.29, 0.717) is 5.56 Å².